The molecule has 0 bridgehead atoms. The van der Waals surface area contributed by atoms with Gasteiger partial charge >= 0.3 is 0 Å². The van der Waals surface area contributed by atoms with Crippen molar-refractivity contribution in [3.63, 3.8) is 0 Å². The third kappa shape index (κ3) is 5.27. The maximum Gasteiger partial charge on any atom is 0.260 e. The SMILES string of the molecule is NC(=O)c1cc(-c2ccccc2)sc1NC(=O)CSc1nc2scc(-c3ccc4c(c3)CCCC4)c2c(=O)[nH]1. The molecule has 0 saturated heterocycles. The number of aromatic amines is 1. The van der Waals surface area contributed by atoms with E-state index in [9.17, 15) is 14.4 Å². The quantitative estimate of drug-likeness (QED) is 0.161. The standard InChI is InChI=1S/C29H24N4O3S3/c30-25(35)20-13-22(17-7-2-1-3-8-17)39-27(20)31-23(34)15-38-29-32-26(36)24-21(14-37-28(24)33-29)19-11-10-16-6-4-5-9-18(16)12-19/h1-3,7-8,10-14H,4-6,9,15H2,(H2,30,35)(H,31,34)(H,32,33,36). The number of thiophene rings is 2. The number of rotatable bonds is 7. The van der Waals surface area contributed by atoms with Gasteiger partial charge < -0.3 is 16.0 Å². The summed E-state index contributed by atoms with van der Waals surface area (Å²) in [5, 5.41) is 6.11. The number of hydrogen-bond acceptors (Lipinski definition) is 7. The summed E-state index contributed by atoms with van der Waals surface area (Å²) in [5.41, 5.74) is 11.2. The van der Waals surface area contributed by atoms with Crippen LogP contribution >= 0.6 is 34.4 Å². The molecular formula is C29H24N4O3S3. The van der Waals surface area contributed by atoms with E-state index in [4.69, 9.17) is 5.73 Å². The minimum Gasteiger partial charge on any atom is -0.366 e. The van der Waals surface area contributed by atoms with Crippen molar-refractivity contribution in [2.24, 2.45) is 5.73 Å². The normalized spacial score (nSPS) is 12.8. The average Bonchev–Trinajstić information content (AvgIpc) is 3.57. The van der Waals surface area contributed by atoms with Crippen molar-refractivity contribution in [2.75, 3.05) is 11.1 Å². The van der Waals surface area contributed by atoms with Crippen molar-refractivity contribution in [3.8, 4) is 21.6 Å². The first-order valence-corrected chi connectivity index (χ1v) is 15.2. The molecule has 3 aromatic heterocycles. The minimum atomic E-state index is -0.611. The van der Waals surface area contributed by atoms with Gasteiger partial charge in [-0.05, 0) is 54.0 Å². The highest BCUT2D eigenvalue weighted by Gasteiger charge is 2.19. The number of anilines is 1. The number of hydrogen-bond donors (Lipinski definition) is 3. The number of amides is 2. The number of nitrogens with zero attached hydrogens (tertiary/aromatic N) is 1. The van der Waals surface area contributed by atoms with Crippen molar-refractivity contribution >= 4 is 61.5 Å². The average molecular weight is 573 g/mol. The van der Waals surface area contributed by atoms with Crippen LogP contribution in [0.25, 0.3) is 31.8 Å². The Morgan fingerprint density at radius 2 is 1.82 bits per heavy atom. The number of carbonyl (C=O) groups excluding carboxylic acids is 2. The Hall–Kier alpha value is -3.73. The van der Waals surface area contributed by atoms with Crippen molar-refractivity contribution in [1.29, 1.82) is 0 Å². The molecule has 0 aliphatic heterocycles. The number of aromatic nitrogens is 2. The molecule has 2 amide bonds. The number of primary amides is 1. The topological polar surface area (TPSA) is 118 Å². The summed E-state index contributed by atoms with van der Waals surface area (Å²) in [5.74, 6) is -0.929. The van der Waals surface area contributed by atoms with Crippen LogP contribution in [0.1, 0.15) is 34.3 Å². The largest absolute Gasteiger partial charge is 0.366 e. The maximum absolute atomic E-state index is 13.1. The summed E-state index contributed by atoms with van der Waals surface area (Å²) in [4.78, 5) is 46.8. The first kappa shape index (κ1) is 25.5. The second-order valence-corrected chi connectivity index (χ2v) is 12.2. The van der Waals surface area contributed by atoms with E-state index >= 15 is 0 Å². The Balaban J connectivity index is 1.18. The van der Waals surface area contributed by atoms with Crippen molar-refractivity contribution < 1.29 is 9.59 Å². The molecule has 6 rings (SSSR count). The molecule has 0 fully saturated rings. The van der Waals surface area contributed by atoms with E-state index in [1.807, 2.05) is 35.7 Å². The smallest absolute Gasteiger partial charge is 0.260 e. The van der Waals surface area contributed by atoms with E-state index < -0.39 is 5.91 Å². The molecule has 5 aromatic rings. The molecule has 39 heavy (non-hydrogen) atoms. The fraction of sp³-hybridized carbons (Fsp3) is 0.172. The number of nitrogens with two attached hydrogens (primary N) is 1. The van der Waals surface area contributed by atoms with Gasteiger partial charge in [-0.15, -0.1) is 22.7 Å². The number of aryl methyl sites for hydroxylation is 2. The molecule has 2 aromatic carbocycles. The van der Waals surface area contributed by atoms with Crippen LogP contribution in [0, 0.1) is 0 Å². The van der Waals surface area contributed by atoms with Crippen molar-refractivity contribution in [1.82, 2.24) is 9.97 Å². The van der Waals surface area contributed by atoms with Crippen molar-refractivity contribution in [3.05, 3.63) is 87.0 Å². The second-order valence-electron chi connectivity index (χ2n) is 9.31. The molecule has 0 saturated carbocycles. The second kappa shape index (κ2) is 10.8. The Morgan fingerprint density at radius 3 is 2.62 bits per heavy atom. The van der Waals surface area contributed by atoms with Crippen LogP contribution in [0.15, 0.2) is 69.9 Å². The number of benzene rings is 2. The van der Waals surface area contributed by atoms with Gasteiger partial charge in [0.05, 0.1) is 16.7 Å². The Bertz CT molecular complexity index is 1770. The molecule has 0 unspecified atom stereocenters. The van der Waals surface area contributed by atoms with Gasteiger partial charge in [0, 0.05) is 15.8 Å². The van der Waals surface area contributed by atoms with E-state index in [0.717, 1.165) is 46.2 Å². The summed E-state index contributed by atoms with van der Waals surface area (Å²) in [6, 6.07) is 17.7. The molecule has 0 spiro atoms. The number of H-pyrrole nitrogens is 1. The monoisotopic (exact) mass is 572 g/mol. The molecule has 1 aliphatic carbocycles. The lowest BCUT2D eigenvalue weighted by molar-refractivity contribution is -0.113. The van der Waals surface area contributed by atoms with Crippen LogP contribution in [-0.4, -0.2) is 27.5 Å². The van der Waals surface area contributed by atoms with Crippen LogP contribution in [0.4, 0.5) is 5.00 Å². The fourth-order valence-corrected chi connectivity index (χ4v) is 7.57. The third-order valence-electron chi connectivity index (χ3n) is 6.73. The van der Waals surface area contributed by atoms with E-state index in [1.54, 1.807) is 6.07 Å². The zero-order valence-electron chi connectivity index (χ0n) is 20.8. The summed E-state index contributed by atoms with van der Waals surface area (Å²) in [7, 11) is 0. The van der Waals surface area contributed by atoms with E-state index in [1.165, 1.54) is 46.6 Å². The van der Waals surface area contributed by atoms with E-state index in [2.05, 4.69) is 33.5 Å². The van der Waals surface area contributed by atoms with Gasteiger partial charge in [-0.1, -0.05) is 60.3 Å². The van der Waals surface area contributed by atoms with Gasteiger partial charge in [-0.3, -0.25) is 14.4 Å². The van der Waals surface area contributed by atoms with Crippen LogP contribution in [0.2, 0.25) is 0 Å². The Kier molecular flexibility index (Phi) is 7.07. The van der Waals surface area contributed by atoms with Gasteiger partial charge in [-0.2, -0.15) is 0 Å². The fourth-order valence-electron chi connectivity index (χ4n) is 4.82. The summed E-state index contributed by atoms with van der Waals surface area (Å²) >= 11 is 3.85. The Morgan fingerprint density at radius 1 is 1.03 bits per heavy atom. The zero-order chi connectivity index (χ0) is 26.9. The summed E-state index contributed by atoms with van der Waals surface area (Å²) in [6.07, 6.45) is 4.61. The first-order chi connectivity index (χ1) is 19.0. The van der Waals surface area contributed by atoms with Gasteiger partial charge in [0.15, 0.2) is 5.16 Å². The number of nitrogens with one attached hydrogen (secondary N) is 2. The van der Waals surface area contributed by atoms with E-state index in [-0.39, 0.29) is 22.8 Å². The van der Waals surface area contributed by atoms with Crippen LogP contribution in [0.3, 0.4) is 0 Å². The number of fused-ring (bicyclic) bond motifs is 2. The van der Waals surface area contributed by atoms with Gasteiger partial charge in [0.25, 0.3) is 11.5 Å². The first-order valence-electron chi connectivity index (χ1n) is 12.5. The summed E-state index contributed by atoms with van der Waals surface area (Å²) in [6.45, 7) is 0. The maximum atomic E-state index is 13.1. The van der Waals surface area contributed by atoms with Gasteiger partial charge in [0.2, 0.25) is 5.91 Å². The lowest BCUT2D eigenvalue weighted by Crippen LogP contribution is -2.18. The lowest BCUT2D eigenvalue weighted by atomic mass is 9.89. The predicted octanol–water partition coefficient (Wildman–Crippen LogP) is 6.09. The summed E-state index contributed by atoms with van der Waals surface area (Å²) < 4.78 is 0. The molecule has 10 heteroatoms. The van der Waals surface area contributed by atoms with Crippen LogP contribution in [0.5, 0.6) is 0 Å². The highest BCUT2D eigenvalue weighted by molar-refractivity contribution is 7.99. The Labute approximate surface area is 236 Å². The van der Waals surface area contributed by atoms with Crippen LogP contribution < -0.4 is 16.6 Å². The molecule has 1 aliphatic rings. The molecule has 3 heterocycles. The molecule has 7 nitrogen and oxygen atoms in total. The van der Waals surface area contributed by atoms with E-state index in [0.29, 0.717) is 20.4 Å². The molecule has 196 valence electrons. The molecule has 0 radical (unpaired) electrons. The van der Waals surface area contributed by atoms with Crippen LogP contribution in [-0.2, 0) is 17.6 Å². The van der Waals surface area contributed by atoms with Gasteiger partial charge in [-0.25, -0.2) is 4.98 Å². The highest BCUT2D eigenvalue weighted by atomic mass is 32.2. The predicted molar refractivity (Wildman–Crippen MR) is 160 cm³/mol. The molecule has 4 N–H and O–H groups in total. The minimum absolute atomic E-state index is 0.00821. The lowest BCUT2D eigenvalue weighted by Gasteiger charge is -2.16. The zero-order valence-corrected chi connectivity index (χ0v) is 23.2. The number of thioether (sulfide) groups is 1. The number of carbonyl (C=O) groups is 2. The van der Waals surface area contributed by atoms with Crippen molar-refractivity contribution in [2.45, 2.75) is 30.8 Å². The van der Waals surface area contributed by atoms with Gasteiger partial charge in [0.1, 0.15) is 9.83 Å². The molecule has 0 atom stereocenters. The third-order valence-corrected chi connectivity index (χ3v) is 9.58. The molecular weight excluding hydrogens is 549 g/mol. The highest BCUT2D eigenvalue weighted by Crippen LogP contribution is 2.36.